The van der Waals surface area contributed by atoms with E-state index in [9.17, 15) is 19.8 Å². The summed E-state index contributed by atoms with van der Waals surface area (Å²) in [4.78, 5) is 24.5. The lowest BCUT2D eigenvalue weighted by Gasteiger charge is -2.20. The number of nitrogens with one attached hydrogen (secondary N) is 1. The molecule has 6 heteroatoms. The summed E-state index contributed by atoms with van der Waals surface area (Å²) in [6.07, 6.45) is 66.8. The van der Waals surface area contributed by atoms with Crippen LogP contribution in [0.2, 0.25) is 0 Å². The van der Waals surface area contributed by atoms with Crippen LogP contribution in [-0.4, -0.2) is 47.4 Å². The molecule has 0 aromatic carbocycles. The van der Waals surface area contributed by atoms with Gasteiger partial charge in [-0.05, 0) is 32.1 Å². The molecular weight excluding hydrogens is 815 g/mol. The van der Waals surface area contributed by atoms with Crippen molar-refractivity contribution in [2.75, 3.05) is 13.2 Å². The van der Waals surface area contributed by atoms with E-state index < -0.39 is 12.1 Å². The molecule has 0 aromatic heterocycles. The Morgan fingerprint density at radius 3 is 1.03 bits per heavy atom. The second-order valence-corrected chi connectivity index (χ2v) is 20.7. The van der Waals surface area contributed by atoms with Crippen LogP contribution < -0.4 is 5.32 Å². The molecule has 0 aliphatic heterocycles. The van der Waals surface area contributed by atoms with Crippen LogP contribution in [0.4, 0.5) is 0 Å². The van der Waals surface area contributed by atoms with Gasteiger partial charge in [0, 0.05) is 12.8 Å². The molecule has 6 nitrogen and oxygen atoms in total. The van der Waals surface area contributed by atoms with Crippen molar-refractivity contribution in [2.45, 2.75) is 347 Å². The maximum Gasteiger partial charge on any atom is 0.305 e. The van der Waals surface area contributed by atoms with E-state index in [-0.39, 0.29) is 18.5 Å². The molecule has 0 aliphatic rings. The maximum absolute atomic E-state index is 12.4. The molecule has 2 atom stereocenters. The Bertz CT molecular complexity index is 986. The summed E-state index contributed by atoms with van der Waals surface area (Å²) in [5, 5.41) is 23.0. The Labute approximate surface area is 412 Å². The van der Waals surface area contributed by atoms with Crippen LogP contribution in [0.5, 0.6) is 0 Å². The van der Waals surface area contributed by atoms with Gasteiger partial charge in [-0.2, -0.15) is 0 Å². The quantitative estimate of drug-likeness (QED) is 0.0321. The van der Waals surface area contributed by atoms with Crippen molar-refractivity contribution in [3.05, 3.63) is 12.2 Å². The second-order valence-electron chi connectivity index (χ2n) is 20.7. The van der Waals surface area contributed by atoms with E-state index in [0.717, 1.165) is 38.5 Å². The zero-order valence-corrected chi connectivity index (χ0v) is 44.7. The van der Waals surface area contributed by atoms with Crippen LogP contribution in [0.3, 0.4) is 0 Å². The van der Waals surface area contributed by atoms with Crippen molar-refractivity contribution in [3.8, 4) is 0 Å². The Kier molecular flexibility index (Phi) is 55.0. The number of carbonyl (C=O) groups is 2. The van der Waals surface area contributed by atoms with Crippen LogP contribution >= 0.6 is 0 Å². The third-order valence-electron chi connectivity index (χ3n) is 14.1. The number of hydrogen-bond acceptors (Lipinski definition) is 5. The average molecular weight is 933 g/mol. The molecular formula is C60H117NO5. The third-order valence-corrected chi connectivity index (χ3v) is 14.1. The molecule has 0 fully saturated rings. The van der Waals surface area contributed by atoms with Crippen molar-refractivity contribution in [1.82, 2.24) is 5.32 Å². The van der Waals surface area contributed by atoms with Gasteiger partial charge in [-0.3, -0.25) is 9.59 Å². The Balaban J connectivity index is 3.36. The monoisotopic (exact) mass is 932 g/mol. The lowest BCUT2D eigenvalue weighted by Crippen LogP contribution is -2.45. The van der Waals surface area contributed by atoms with Gasteiger partial charge in [0.1, 0.15) is 0 Å². The minimum atomic E-state index is -0.842. The highest BCUT2D eigenvalue weighted by Crippen LogP contribution is 2.18. The van der Waals surface area contributed by atoms with E-state index in [1.54, 1.807) is 6.08 Å². The topological polar surface area (TPSA) is 95.9 Å². The van der Waals surface area contributed by atoms with E-state index in [1.165, 1.54) is 270 Å². The molecule has 0 saturated carbocycles. The van der Waals surface area contributed by atoms with Crippen molar-refractivity contribution in [1.29, 1.82) is 0 Å². The van der Waals surface area contributed by atoms with Gasteiger partial charge < -0.3 is 20.3 Å². The first kappa shape index (κ1) is 64.6. The SMILES string of the molecule is CCCCCCCCCCCC/C=C/C(O)C(CO)NC(=O)CCCCCCCCCCCCCCCCCCCCCCCCCOC(=O)CCCCCCCCCCCCCCCC. The fourth-order valence-electron chi connectivity index (χ4n) is 9.46. The Morgan fingerprint density at radius 2 is 0.697 bits per heavy atom. The lowest BCUT2D eigenvalue weighted by molar-refractivity contribution is -0.143. The number of unbranched alkanes of at least 4 members (excludes halogenated alkanes) is 45. The average Bonchev–Trinajstić information content (AvgIpc) is 3.32. The smallest absolute Gasteiger partial charge is 0.305 e. The molecule has 0 saturated heterocycles. The minimum absolute atomic E-state index is 0.0165. The van der Waals surface area contributed by atoms with Crippen molar-refractivity contribution >= 4 is 11.9 Å². The van der Waals surface area contributed by atoms with Crippen LogP contribution in [-0.2, 0) is 14.3 Å². The number of aliphatic hydroxyl groups excluding tert-OH is 2. The molecule has 0 bridgehead atoms. The highest BCUT2D eigenvalue weighted by atomic mass is 16.5. The predicted molar refractivity (Wildman–Crippen MR) is 287 cm³/mol. The van der Waals surface area contributed by atoms with Gasteiger partial charge in [-0.1, -0.05) is 302 Å². The first-order chi connectivity index (χ1) is 32.5. The second kappa shape index (κ2) is 56.2. The summed E-state index contributed by atoms with van der Waals surface area (Å²) in [5.41, 5.74) is 0. The number of carbonyl (C=O) groups excluding carboxylic acids is 2. The molecule has 3 N–H and O–H groups in total. The zero-order chi connectivity index (χ0) is 47.9. The van der Waals surface area contributed by atoms with Crippen molar-refractivity contribution < 1.29 is 24.5 Å². The summed E-state index contributed by atoms with van der Waals surface area (Å²) < 4.78 is 5.48. The molecule has 0 rings (SSSR count). The van der Waals surface area contributed by atoms with Gasteiger partial charge in [-0.15, -0.1) is 0 Å². The van der Waals surface area contributed by atoms with Crippen LogP contribution in [0, 0.1) is 0 Å². The number of esters is 1. The number of aliphatic hydroxyl groups is 2. The highest BCUT2D eigenvalue weighted by Gasteiger charge is 2.18. The zero-order valence-electron chi connectivity index (χ0n) is 44.7. The summed E-state index contributed by atoms with van der Waals surface area (Å²) in [7, 11) is 0. The molecule has 392 valence electrons. The lowest BCUT2D eigenvalue weighted by atomic mass is 10.0. The molecule has 0 spiro atoms. The molecule has 1 amide bonds. The van der Waals surface area contributed by atoms with Gasteiger partial charge in [0.15, 0.2) is 0 Å². The molecule has 0 radical (unpaired) electrons. The number of hydrogen-bond donors (Lipinski definition) is 3. The van der Waals surface area contributed by atoms with Gasteiger partial charge >= 0.3 is 5.97 Å². The summed E-state index contributed by atoms with van der Waals surface area (Å²) in [6, 6.07) is -0.625. The maximum atomic E-state index is 12.4. The highest BCUT2D eigenvalue weighted by molar-refractivity contribution is 5.76. The van der Waals surface area contributed by atoms with E-state index in [4.69, 9.17) is 4.74 Å². The number of amides is 1. The van der Waals surface area contributed by atoms with Gasteiger partial charge in [0.05, 0.1) is 25.4 Å². The minimum Gasteiger partial charge on any atom is -0.466 e. The van der Waals surface area contributed by atoms with E-state index in [0.29, 0.717) is 19.4 Å². The van der Waals surface area contributed by atoms with Gasteiger partial charge in [-0.25, -0.2) is 0 Å². The van der Waals surface area contributed by atoms with Crippen LogP contribution in [0.25, 0.3) is 0 Å². The summed E-state index contributed by atoms with van der Waals surface area (Å²) >= 11 is 0. The standard InChI is InChI=1S/C60H117NO5/c1-3-5-7-9-11-13-15-17-30-34-38-42-46-50-54-60(65)66-55-51-47-43-39-35-31-28-26-24-22-20-18-19-21-23-25-27-29-33-37-41-45-49-53-59(64)61-57(56-62)58(63)52-48-44-40-36-32-16-14-12-10-8-6-4-2/h48,52,57-58,62-63H,3-47,49-51,53-56H2,1-2H3,(H,61,64)/b52-48+. The normalized spacial score (nSPS) is 12.6. The first-order valence-corrected chi connectivity index (χ1v) is 30.0. The van der Waals surface area contributed by atoms with E-state index >= 15 is 0 Å². The third kappa shape index (κ3) is 52.0. The first-order valence-electron chi connectivity index (χ1n) is 30.0. The Morgan fingerprint density at radius 1 is 0.409 bits per heavy atom. The molecule has 0 aromatic rings. The number of rotatable bonds is 56. The fraction of sp³-hybridized carbons (Fsp3) is 0.933. The van der Waals surface area contributed by atoms with Crippen LogP contribution in [0.15, 0.2) is 12.2 Å². The summed E-state index contributed by atoms with van der Waals surface area (Å²) in [6.45, 7) is 4.92. The van der Waals surface area contributed by atoms with Crippen molar-refractivity contribution in [3.63, 3.8) is 0 Å². The molecule has 2 unspecified atom stereocenters. The predicted octanol–water partition coefficient (Wildman–Crippen LogP) is 18.5. The molecule has 0 heterocycles. The number of allylic oxidation sites excluding steroid dienone is 1. The van der Waals surface area contributed by atoms with E-state index in [1.807, 2.05) is 6.08 Å². The van der Waals surface area contributed by atoms with Gasteiger partial charge in [0.2, 0.25) is 5.91 Å². The van der Waals surface area contributed by atoms with E-state index in [2.05, 4.69) is 19.2 Å². The molecule has 66 heavy (non-hydrogen) atoms. The van der Waals surface area contributed by atoms with Crippen molar-refractivity contribution in [2.24, 2.45) is 0 Å². The van der Waals surface area contributed by atoms with Gasteiger partial charge in [0.25, 0.3) is 0 Å². The Hall–Kier alpha value is -1.40. The van der Waals surface area contributed by atoms with Crippen LogP contribution in [0.1, 0.15) is 335 Å². The summed E-state index contributed by atoms with van der Waals surface area (Å²) in [5.74, 6) is -0.0502. The number of ether oxygens (including phenoxy) is 1. The fourth-order valence-corrected chi connectivity index (χ4v) is 9.46. The largest absolute Gasteiger partial charge is 0.466 e. The molecule has 0 aliphatic carbocycles.